The summed E-state index contributed by atoms with van der Waals surface area (Å²) in [5, 5.41) is 2.46. The summed E-state index contributed by atoms with van der Waals surface area (Å²) in [5.74, 6) is -0.813. The van der Waals surface area contributed by atoms with Gasteiger partial charge in [-0.1, -0.05) is 30.3 Å². The molecule has 0 spiro atoms. The van der Waals surface area contributed by atoms with E-state index in [9.17, 15) is 13.6 Å². The molecule has 0 aliphatic rings. The van der Waals surface area contributed by atoms with Gasteiger partial charge in [0.05, 0.1) is 18.2 Å². The lowest BCUT2D eigenvalue weighted by Crippen LogP contribution is -2.31. The van der Waals surface area contributed by atoms with E-state index in [0.717, 1.165) is 0 Å². The summed E-state index contributed by atoms with van der Waals surface area (Å²) < 4.78 is 27.3. The topological polar surface area (TPSA) is 33.2 Å². The second-order valence-electron chi connectivity index (χ2n) is 6.03. The van der Waals surface area contributed by atoms with Crippen molar-refractivity contribution in [2.45, 2.75) is 19.4 Å². The molecular formula is C20H18F2N2OS. The lowest BCUT2D eigenvalue weighted by Gasteiger charge is -2.25. The Kier molecular flexibility index (Phi) is 5.42. The number of hydrogen-bond donors (Lipinski definition) is 0. The van der Waals surface area contributed by atoms with E-state index < -0.39 is 0 Å². The van der Waals surface area contributed by atoms with Gasteiger partial charge < -0.3 is 4.90 Å². The van der Waals surface area contributed by atoms with E-state index >= 15 is 0 Å². The van der Waals surface area contributed by atoms with Crippen molar-refractivity contribution in [3.63, 3.8) is 0 Å². The minimum atomic E-state index is -0.384. The summed E-state index contributed by atoms with van der Waals surface area (Å²) >= 11 is 1.36. The molecule has 0 aliphatic heterocycles. The largest absolute Gasteiger partial charge is 0.339 e. The smallest absolute Gasteiger partial charge is 0.228 e. The van der Waals surface area contributed by atoms with Crippen LogP contribution < -0.4 is 0 Å². The Morgan fingerprint density at radius 2 is 1.96 bits per heavy atom. The molecule has 6 heteroatoms. The highest BCUT2D eigenvalue weighted by Crippen LogP contribution is 2.26. The van der Waals surface area contributed by atoms with Gasteiger partial charge in [-0.15, -0.1) is 11.3 Å². The van der Waals surface area contributed by atoms with Gasteiger partial charge in [0.1, 0.15) is 16.6 Å². The number of thiazole rings is 1. The van der Waals surface area contributed by atoms with Crippen LogP contribution in [0, 0.1) is 11.6 Å². The van der Waals surface area contributed by atoms with Crippen LogP contribution in [0.3, 0.4) is 0 Å². The monoisotopic (exact) mass is 372 g/mol. The summed E-state index contributed by atoms with van der Waals surface area (Å²) in [6.45, 7) is 1.79. The summed E-state index contributed by atoms with van der Waals surface area (Å²) in [6.07, 6.45) is 0.112. The van der Waals surface area contributed by atoms with Gasteiger partial charge in [0.15, 0.2) is 0 Å². The summed E-state index contributed by atoms with van der Waals surface area (Å²) in [4.78, 5) is 18.5. The van der Waals surface area contributed by atoms with E-state index in [2.05, 4.69) is 4.98 Å². The maximum Gasteiger partial charge on any atom is 0.228 e. The maximum absolute atomic E-state index is 13.9. The molecule has 1 unspecified atom stereocenters. The molecule has 3 nitrogen and oxygen atoms in total. The third kappa shape index (κ3) is 3.96. The van der Waals surface area contributed by atoms with E-state index in [-0.39, 0.29) is 30.0 Å². The standard InChI is InChI=1S/C20H18F2N2OS/c1-13(17-8-3-4-9-18(17)22)24(2)19(25)11-16-12-26-20(23-16)14-6-5-7-15(21)10-14/h3-10,12-13H,11H2,1-2H3. The van der Waals surface area contributed by atoms with Crippen molar-refractivity contribution in [3.05, 3.63) is 76.8 Å². The molecule has 0 fully saturated rings. The SMILES string of the molecule is CC(c1ccccc1F)N(C)C(=O)Cc1csc(-c2cccc(F)c2)n1. The Bertz CT molecular complexity index is 925. The second-order valence-corrected chi connectivity index (χ2v) is 6.89. The number of benzene rings is 2. The first kappa shape index (κ1) is 18.2. The molecule has 1 atom stereocenters. The van der Waals surface area contributed by atoms with E-state index in [4.69, 9.17) is 0 Å². The zero-order valence-electron chi connectivity index (χ0n) is 14.4. The number of carbonyl (C=O) groups is 1. The van der Waals surface area contributed by atoms with E-state index in [1.165, 1.54) is 34.4 Å². The molecule has 3 aromatic rings. The summed E-state index contributed by atoms with van der Waals surface area (Å²) in [5.41, 5.74) is 1.77. The minimum Gasteiger partial charge on any atom is -0.339 e. The first-order valence-corrected chi connectivity index (χ1v) is 9.04. The molecule has 3 rings (SSSR count). The van der Waals surface area contributed by atoms with Crippen molar-refractivity contribution in [2.75, 3.05) is 7.05 Å². The quantitative estimate of drug-likeness (QED) is 0.641. The van der Waals surface area contributed by atoms with Gasteiger partial charge in [-0.05, 0) is 25.1 Å². The van der Waals surface area contributed by atoms with Gasteiger partial charge in [-0.2, -0.15) is 0 Å². The lowest BCUT2D eigenvalue weighted by molar-refractivity contribution is -0.131. The fourth-order valence-electron chi connectivity index (χ4n) is 2.66. The number of amides is 1. The number of nitrogens with zero attached hydrogens (tertiary/aromatic N) is 2. The van der Waals surface area contributed by atoms with Crippen LogP contribution in [0.15, 0.2) is 53.9 Å². The fourth-order valence-corrected chi connectivity index (χ4v) is 3.48. The molecule has 0 saturated carbocycles. The molecule has 0 saturated heterocycles. The van der Waals surface area contributed by atoms with Crippen LogP contribution in [-0.2, 0) is 11.2 Å². The second kappa shape index (κ2) is 7.74. The molecule has 0 bridgehead atoms. The summed E-state index contributed by atoms with van der Waals surface area (Å²) in [6, 6.07) is 12.2. The Balaban J connectivity index is 1.71. The van der Waals surface area contributed by atoms with Crippen molar-refractivity contribution >= 4 is 17.2 Å². The predicted molar refractivity (Wildman–Crippen MR) is 98.8 cm³/mol. The van der Waals surface area contributed by atoms with Gasteiger partial charge in [0.2, 0.25) is 5.91 Å². The van der Waals surface area contributed by atoms with Crippen LogP contribution in [0.4, 0.5) is 8.78 Å². The van der Waals surface area contributed by atoms with Crippen molar-refractivity contribution in [1.29, 1.82) is 0 Å². The molecule has 0 N–H and O–H groups in total. The minimum absolute atomic E-state index is 0.112. The first-order valence-electron chi connectivity index (χ1n) is 8.16. The van der Waals surface area contributed by atoms with Gasteiger partial charge in [-0.3, -0.25) is 4.79 Å². The number of halogens is 2. The van der Waals surface area contributed by atoms with Crippen LogP contribution in [0.25, 0.3) is 10.6 Å². The molecule has 1 aromatic heterocycles. The molecule has 0 radical (unpaired) electrons. The molecule has 1 amide bonds. The average molecular weight is 372 g/mol. The van der Waals surface area contributed by atoms with E-state index in [0.29, 0.717) is 21.8 Å². The zero-order chi connectivity index (χ0) is 18.7. The Labute approximate surface area is 154 Å². The average Bonchev–Trinajstić information content (AvgIpc) is 3.09. The van der Waals surface area contributed by atoms with Crippen molar-refractivity contribution in [2.24, 2.45) is 0 Å². The van der Waals surface area contributed by atoms with Crippen LogP contribution in [0.5, 0.6) is 0 Å². The highest BCUT2D eigenvalue weighted by molar-refractivity contribution is 7.13. The Morgan fingerprint density at radius 1 is 1.19 bits per heavy atom. The first-order chi connectivity index (χ1) is 12.5. The highest BCUT2D eigenvalue weighted by Gasteiger charge is 2.21. The van der Waals surface area contributed by atoms with Gasteiger partial charge >= 0.3 is 0 Å². The number of hydrogen-bond acceptors (Lipinski definition) is 3. The predicted octanol–water partition coefficient (Wildman–Crippen LogP) is 4.85. The summed E-state index contributed by atoms with van der Waals surface area (Å²) in [7, 11) is 1.65. The Hall–Kier alpha value is -2.60. The van der Waals surface area contributed by atoms with Crippen molar-refractivity contribution in [1.82, 2.24) is 9.88 Å². The van der Waals surface area contributed by atoms with Crippen molar-refractivity contribution in [3.8, 4) is 10.6 Å². The third-order valence-corrected chi connectivity index (χ3v) is 5.23. The van der Waals surface area contributed by atoms with Crippen LogP contribution in [-0.4, -0.2) is 22.8 Å². The lowest BCUT2D eigenvalue weighted by atomic mass is 10.1. The van der Waals surface area contributed by atoms with Crippen LogP contribution in [0.1, 0.15) is 24.2 Å². The van der Waals surface area contributed by atoms with Crippen molar-refractivity contribution < 1.29 is 13.6 Å². The number of rotatable bonds is 5. The van der Waals surface area contributed by atoms with Crippen LogP contribution in [0.2, 0.25) is 0 Å². The molecule has 26 heavy (non-hydrogen) atoms. The number of aromatic nitrogens is 1. The normalized spacial score (nSPS) is 12.0. The molecule has 134 valence electrons. The molecule has 1 heterocycles. The molecule has 2 aromatic carbocycles. The van der Waals surface area contributed by atoms with E-state index in [1.807, 2.05) is 0 Å². The van der Waals surface area contributed by atoms with Gasteiger partial charge in [0, 0.05) is 23.6 Å². The maximum atomic E-state index is 13.9. The van der Waals surface area contributed by atoms with Crippen LogP contribution >= 0.6 is 11.3 Å². The number of carbonyl (C=O) groups excluding carboxylic acids is 1. The van der Waals surface area contributed by atoms with Gasteiger partial charge in [-0.25, -0.2) is 13.8 Å². The third-order valence-electron chi connectivity index (χ3n) is 4.29. The fraction of sp³-hybridized carbons (Fsp3) is 0.200. The molecule has 0 aliphatic carbocycles. The Morgan fingerprint density at radius 3 is 2.69 bits per heavy atom. The van der Waals surface area contributed by atoms with Gasteiger partial charge in [0.25, 0.3) is 0 Å². The molecular weight excluding hydrogens is 354 g/mol. The number of likely N-dealkylation sites (N-methyl/N-ethyl adjacent to an activating group) is 1. The zero-order valence-corrected chi connectivity index (χ0v) is 15.3. The highest BCUT2D eigenvalue weighted by atomic mass is 32.1. The van der Waals surface area contributed by atoms with E-state index in [1.54, 1.807) is 49.7 Å².